The number of anilines is 1. The summed E-state index contributed by atoms with van der Waals surface area (Å²) < 4.78 is 0. The van der Waals surface area contributed by atoms with Gasteiger partial charge < -0.3 is 10.6 Å². The molecule has 0 saturated carbocycles. The summed E-state index contributed by atoms with van der Waals surface area (Å²) in [6, 6.07) is 0.122. The molecule has 0 fully saturated rings. The quantitative estimate of drug-likeness (QED) is 0.811. The topological polar surface area (TPSA) is 66.9 Å². The minimum Gasteiger partial charge on any atom is -0.369 e. The Hall–Kier alpha value is -1.65. The fourth-order valence-electron chi connectivity index (χ4n) is 1.24. The van der Waals surface area contributed by atoms with Gasteiger partial charge in [0.25, 0.3) is 5.91 Å². The van der Waals surface area contributed by atoms with Crippen LogP contribution in [-0.2, 0) is 0 Å². The monoisotopic (exact) mass is 250 g/mol. The number of hydrogen-bond donors (Lipinski definition) is 2. The number of carbonyl (C=O) groups is 1. The second-order valence-corrected chi connectivity index (χ2v) is 4.72. The van der Waals surface area contributed by atoms with E-state index in [1.54, 1.807) is 6.20 Å². The Morgan fingerprint density at radius 2 is 2.00 bits per heavy atom. The zero-order chi connectivity index (χ0) is 13.5. The highest BCUT2D eigenvalue weighted by molar-refractivity contribution is 5.92. The van der Waals surface area contributed by atoms with Crippen molar-refractivity contribution >= 4 is 11.7 Å². The van der Waals surface area contributed by atoms with Crippen molar-refractivity contribution in [2.24, 2.45) is 5.92 Å². The fraction of sp³-hybridized carbons (Fsp3) is 0.615. The number of amides is 1. The van der Waals surface area contributed by atoms with E-state index >= 15 is 0 Å². The minimum atomic E-state index is -0.175. The first-order valence-electron chi connectivity index (χ1n) is 6.41. The summed E-state index contributed by atoms with van der Waals surface area (Å²) in [5, 5.41) is 6.01. The number of carbonyl (C=O) groups excluding carboxylic acids is 1. The predicted octanol–water partition coefficient (Wildman–Crippen LogP) is 2.07. The molecule has 5 heteroatoms. The van der Waals surface area contributed by atoms with E-state index in [0.717, 1.165) is 13.0 Å². The van der Waals surface area contributed by atoms with Gasteiger partial charge in [-0.15, -0.1) is 0 Å². The van der Waals surface area contributed by atoms with E-state index in [1.165, 1.54) is 6.20 Å². The maximum absolute atomic E-state index is 11.9. The first-order chi connectivity index (χ1) is 8.54. The summed E-state index contributed by atoms with van der Waals surface area (Å²) in [6.07, 6.45) is 4.11. The summed E-state index contributed by atoms with van der Waals surface area (Å²) in [5.74, 6) is 0.920. The van der Waals surface area contributed by atoms with Crippen LogP contribution in [0.3, 0.4) is 0 Å². The van der Waals surface area contributed by atoms with Crippen LogP contribution in [-0.4, -0.2) is 28.5 Å². The van der Waals surface area contributed by atoms with Crippen LogP contribution >= 0.6 is 0 Å². The summed E-state index contributed by atoms with van der Waals surface area (Å²) in [4.78, 5) is 20.1. The molecular formula is C13H22N4O. The van der Waals surface area contributed by atoms with Crippen LogP contribution in [0, 0.1) is 5.92 Å². The number of aromatic nitrogens is 2. The van der Waals surface area contributed by atoms with Crippen molar-refractivity contribution in [2.45, 2.75) is 40.2 Å². The van der Waals surface area contributed by atoms with Crippen LogP contribution in [0.25, 0.3) is 0 Å². The molecule has 100 valence electrons. The molecule has 1 aromatic rings. The van der Waals surface area contributed by atoms with Crippen molar-refractivity contribution < 1.29 is 4.79 Å². The molecule has 0 aliphatic rings. The molecule has 1 heterocycles. The molecule has 0 aromatic carbocycles. The van der Waals surface area contributed by atoms with Gasteiger partial charge in [0.1, 0.15) is 11.5 Å². The summed E-state index contributed by atoms with van der Waals surface area (Å²) in [5.41, 5.74) is 0.351. The molecule has 18 heavy (non-hydrogen) atoms. The van der Waals surface area contributed by atoms with Gasteiger partial charge in [-0.05, 0) is 19.3 Å². The Balaban J connectivity index is 2.59. The van der Waals surface area contributed by atoms with Gasteiger partial charge >= 0.3 is 0 Å². The average molecular weight is 250 g/mol. The predicted molar refractivity (Wildman–Crippen MR) is 72.6 cm³/mol. The van der Waals surface area contributed by atoms with Crippen LogP contribution in [0.4, 0.5) is 5.82 Å². The summed E-state index contributed by atoms with van der Waals surface area (Å²) in [7, 11) is 0. The second-order valence-electron chi connectivity index (χ2n) is 4.72. The van der Waals surface area contributed by atoms with E-state index in [1.807, 2.05) is 6.92 Å². The zero-order valence-electron chi connectivity index (χ0n) is 11.5. The molecule has 0 spiro atoms. The van der Waals surface area contributed by atoms with Gasteiger partial charge in [-0.1, -0.05) is 20.8 Å². The van der Waals surface area contributed by atoms with Crippen molar-refractivity contribution in [1.29, 1.82) is 0 Å². The van der Waals surface area contributed by atoms with Gasteiger partial charge in [0.05, 0.1) is 12.4 Å². The van der Waals surface area contributed by atoms with Gasteiger partial charge in [-0.3, -0.25) is 4.79 Å². The standard InChI is InChI=1S/C13H22N4O/c1-5-6-14-12-8-15-11(7-16-12)13(18)17-10(4)9(2)3/h7-10H,5-6H2,1-4H3,(H,14,16)(H,17,18). The lowest BCUT2D eigenvalue weighted by Gasteiger charge is -2.16. The van der Waals surface area contributed by atoms with Gasteiger partial charge in [0.15, 0.2) is 0 Å². The van der Waals surface area contributed by atoms with Gasteiger partial charge in [0, 0.05) is 12.6 Å². The van der Waals surface area contributed by atoms with Crippen molar-refractivity contribution in [1.82, 2.24) is 15.3 Å². The number of hydrogen-bond acceptors (Lipinski definition) is 4. The molecular weight excluding hydrogens is 228 g/mol. The van der Waals surface area contributed by atoms with Gasteiger partial charge in [-0.2, -0.15) is 0 Å². The minimum absolute atomic E-state index is 0.122. The highest BCUT2D eigenvalue weighted by Crippen LogP contribution is 2.04. The van der Waals surface area contributed by atoms with Crippen LogP contribution < -0.4 is 10.6 Å². The van der Waals surface area contributed by atoms with Crippen molar-refractivity contribution in [3.8, 4) is 0 Å². The van der Waals surface area contributed by atoms with Crippen LogP contribution in [0.2, 0.25) is 0 Å². The van der Waals surface area contributed by atoms with E-state index < -0.39 is 0 Å². The van der Waals surface area contributed by atoms with E-state index in [0.29, 0.717) is 17.4 Å². The molecule has 5 nitrogen and oxygen atoms in total. The molecule has 1 aromatic heterocycles. The van der Waals surface area contributed by atoms with Crippen molar-refractivity contribution in [2.75, 3.05) is 11.9 Å². The van der Waals surface area contributed by atoms with Crippen LogP contribution in [0.5, 0.6) is 0 Å². The van der Waals surface area contributed by atoms with E-state index in [9.17, 15) is 4.79 Å². The lowest BCUT2D eigenvalue weighted by molar-refractivity contribution is 0.0925. The Labute approximate surface area is 108 Å². The Morgan fingerprint density at radius 1 is 1.28 bits per heavy atom. The fourth-order valence-corrected chi connectivity index (χ4v) is 1.24. The summed E-state index contributed by atoms with van der Waals surface area (Å²) in [6.45, 7) is 9.04. The SMILES string of the molecule is CCCNc1cnc(C(=O)NC(C)C(C)C)cn1. The Kier molecular flexibility index (Phi) is 5.55. The lowest BCUT2D eigenvalue weighted by atomic mass is 10.1. The third kappa shape index (κ3) is 4.31. The zero-order valence-corrected chi connectivity index (χ0v) is 11.5. The highest BCUT2D eigenvalue weighted by Gasteiger charge is 2.13. The third-order valence-electron chi connectivity index (χ3n) is 2.80. The molecule has 1 rings (SSSR count). The largest absolute Gasteiger partial charge is 0.369 e. The molecule has 0 radical (unpaired) electrons. The van der Waals surface area contributed by atoms with Crippen molar-refractivity contribution in [3.63, 3.8) is 0 Å². The van der Waals surface area contributed by atoms with Crippen LogP contribution in [0.1, 0.15) is 44.6 Å². The molecule has 0 aliphatic heterocycles. The van der Waals surface area contributed by atoms with E-state index in [2.05, 4.69) is 41.4 Å². The second kappa shape index (κ2) is 6.93. The maximum atomic E-state index is 11.9. The van der Waals surface area contributed by atoms with Gasteiger partial charge in [-0.25, -0.2) is 9.97 Å². The molecule has 0 bridgehead atoms. The number of rotatable bonds is 6. The molecule has 2 N–H and O–H groups in total. The first kappa shape index (κ1) is 14.4. The van der Waals surface area contributed by atoms with Gasteiger partial charge in [0.2, 0.25) is 0 Å². The van der Waals surface area contributed by atoms with Crippen molar-refractivity contribution in [3.05, 3.63) is 18.1 Å². The van der Waals surface area contributed by atoms with Crippen LogP contribution in [0.15, 0.2) is 12.4 Å². The average Bonchev–Trinajstić information content (AvgIpc) is 2.36. The number of nitrogens with one attached hydrogen (secondary N) is 2. The number of nitrogens with zero attached hydrogens (tertiary/aromatic N) is 2. The Morgan fingerprint density at radius 3 is 2.50 bits per heavy atom. The summed E-state index contributed by atoms with van der Waals surface area (Å²) >= 11 is 0. The molecule has 1 amide bonds. The molecule has 1 atom stereocenters. The normalized spacial score (nSPS) is 12.3. The third-order valence-corrected chi connectivity index (χ3v) is 2.80. The van der Waals surface area contributed by atoms with E-state index in [-0.39, 0.29) is 11.9 Å². The molecule has 1 unspecified atom stereocenters. The molecule has 0 aliphatic carbocycles. The maximum Gasteiger partial charge on any atom is 0.271 e. The Bertz CT molecular complexity index is 375. The van der Waals surface area contributed by atoms with E-state index in [4.69, 9.17) is 0 Å². The first-order valence-corrected chi connectivity index (χ1v) is 6.41. The highest BCUT2D eigenvalue weighted by atomic mass is 16.1. The molecule has 0 saturated heterocycles. The lowest BCUT2D eigenvalue weighted by Crippen LogP contribution is -2.36. The smallest absolute Gasteiger partial charge is 0.271 e.